The Hall–Kier alpha value is -1.61. The van der Waals surface area contributed by atoms with E-state index in [1.807, 2.05) is 12.1 Å². The Kier molecular flexibility index (Phi) is 4.39. The van der Waals surface area contributed by atoms with E-state index in [0.717, 1.165) is 18.4 Å². The lowest BCUT2D eigenvalue weighted by molar-refractivity contribution is 0.282. The number of nitrogens with zero attached hydrogens (tertiary/aromatic N) is 1. The molecule has 0 bridgehead atoms. The van der Waals surface area contributed by atoms with Crippen molar-refractivity contribution in [2.45, 2.75) is 45.1 Å². The minimum Gasteiger partial charge on any atom is -0.411 e. The third kappa shape index (κ3) is 2.88. The topological polar surface area (TPSA) is 52.8 Å². The Morgan fingerprint density at radius 1 is 1.19 bits per heavy atom. The molecule has 0 amide bonds. The maximum absolute atomic E-state index is 9.37. The molecule has 0 heterocycles. The molecule has 3 heteroatoms. The predicted octanol–water partition coefficient (Wildman–Crippen LogP) is 3.99. The molecule has 0 spiro atoms. The summed E-state index contributed by atoms with van der Waals surface area (Å²) in [6.45, 7) is 0.0681. The van der Waals surface area contributed by atoms with E-state index in [1.54, 1.807) is 11.8 Å². The highest BCUT2D eigenvalue weighted by atomic mass is 16.4. The van der Waals surface area contributed by atoms with E-state index in [9.17, 15) is 5.11 Å². The van der Waals surface area contributed by atoms with Gasteiger partial charge in [0.1, 0.15) is 0 Å². The molecule has 0 radical (unpaired) electrons. The fourth-order valence-corrected chi connectivity index (χ4v) is 3.99. The van der Waals surface area contributed by atoms with Crippen LogP contribution >= 0.6 is 0 Å². The first-order valence-corrected chi connectivity index (χ1v) is 7.94. The van der Waals surface area contributed by atoms with E-state index in [2.05, 4.69) is 17.3 Å². The van der Waals surface area contributed by atoms with Crippen molar-refractivity contribution in [3.05, 3.63) is 41.0 Å². The van der Waals surface area contributed by atoms with Crippen LogP contribution in [-0.4, -0.2) is 16.5 Å². The minimum absolute atomic E-state index is 0.0681. The van der Waals surface area contributed by atoms with Crippen LogP contribution in [0.5, 0.6) is 0 Å². The SMILES string of the molecule is OCc1cccc(C2=C(C3CCCC3)CCC2C=NO)c1. The quantitative estimate of drug-likeness (QED) is 0.499. The van der Waals surface area contributed by atoms with Gasteiger partial charge >= 0.3 is 0 Å². The van der Waals surface area contributed by atoms with Gasteiger partial charge in [0.25, 0.3) is 0 Å². The van der Waals surface area contributed by atoms with Gasteiger partial charge in [0, 0.05) is 5.92 Å². The largest absolute Gasteiger partial charge is 0.411 e. The molecule has 3 rings (SSSR count). The molecule has 1 aromatic rings. The highest BCUT2D eigenvalue weighted by molar-refractivity contribution is 5.86. The normalized spacial score (nSPS) is 23.6. The Labute approximate surface area is 126 Å². The van der Waals surface area contributed by atoms with Gasteiger partial charge in [-0.1, -0.05) is 36.6 Å². The third-order valence-corrected chi connectivity index (χ3v) is 4.96. The summed E-state index contributed by atoms with van der Waals surface area (Å²) in [6, 6.07) is 8.15. The fourth-order valence-electron chi connectivity index (χ4n) is 3.99. The minimum atomic E-state index is 0.0681. The number of oxime groups is 1. The molecule has 2 N–H and O–H groups in total. The highest BCUT2D eigenvalue weighted by Crippen LogP contribution is 2.46. The van der Waals surface area contributed by atoms with Gasteiger partial charge < -0.3 is 10.3 Å². The summed E-state index contributed by atoms with van der Waals surface area (Å²) in [4.78, 5) is 0. The molecule has 1 unspecified atom stereocenters. The van der Waals surface area contributed by atoms with E-state index in [4.69, 9.17) is 5.21 Å². The van der Waals surface area contributed by atoms with Crippen LogP contribution in [0.3, 0.4) is 0 Å². The van der Waals surface area contributed by atoms with Gasteiger partial charge in [0.2, 0.25) is 0 Å². The number of benzene rings is 1. The summed E-state index contributed by atoms with van der Waals surface area (Å²) >= 11 is 0. The lowest BCUT2D eigenvalue weighted by atomic mass is 9.88. The zero-order chi connectivity index (χ0) is 14.7. The molecule has 21 heavy (non-hydrogen) atoms. The van der Waals surface area contributed by atoms with Gasteiger partial charge in [0.15, 0.2) is 0 Å². The van der Waals surface area contributed by atoms with E-state index in [0.29, 0.717) is 5.92 Å². The zero-order valence-electron chi connectivity index (χ0n) is 12.3. The van der Waals surface area contributed by atoms with Crippen molar-refractivity contribution in [3.8, 4) is 0 Å². The van der Waals surface area contributed by atoms with Crippen molar-refractivity contribution < 1.29 is 10.3 Å². The Morgan fingerprint density at radius 2 is 2.00 bits per heavy atom. The summed E-state index contributed by atoms with van der Waals surface area (Å²) in [5, 5.41) is 21.6. The number of hydrogen-bond acceptors (Lipinski definition) is 3. The maximum atomic E-state index is 9.37. The van der Waals surface area contributed by atoms with E-state index in [1.165, 1.54) is 36.8 Å². The summed E-state index contributed by atoms with van der Waals surface area (Å²) < 4.78 is 0. The van der Waals surface area contributed by atoms with Gasteiger partial charge in [0.05, 0.1) is 12.8 Å². The first-order valence-electron chi connectivity index (χ1n) is 7.94. The lowest BCUT2D eigenvalue weighted by Crippen LogP contribution is -2.04. The van der Waals surface area contributed by atoms with Crippen LogP contribution in [0.2, 0.25) is 0 Å². The Balaban J connectivity index is 2.03. The number of aliphatic hydroxyl groups is 1. The van der Waals surface area contributed by atoms with Crippen molar-refractivity contribution in [2.75, 3.05) is 0 Å². The van der Waals surface area contributed by atoms with Gasteiger partial charge in [-0.2, -0.15) is 0 Å². The lowest BCUT2D eigenvalue weighted by Gasteiger charge is -2.17. The molecule has 112 valence electrons. The van der Waals surface area contributed by atoms with Crippen LogP contribution in [0.4, 0.5) is 0 Å². The molecular formula is C18H23NO2. The van der Waals surface area contributed by atoms with Crippen LogP contribution in [0.25, 0.3) is 5.57 Å². The zero-order valence-corrected chi connectivity index (χ0v) is 12.3. The molecule has 1 fully saturated rings. The molecule has 1 saturated carbocycles. The molecule has 1 atom stereocenters. The van der Waals surface area contributed by atoms with E-state index >= 15 is 0 Å². The summed E-state index contributed by atoms with van der Waals surface area (Å²) in [5.74, 6) is 0.911. The Bertz CT molecular complexity index is 556. The van der Waals surface area contributed by atoms with Crippen LogP contribution in [0, 0.1) is 11.8 Å². The van der Waals surface area contributed by atoms with Crippen molar-refractivity contribution >= 4 is 11.8 Å². The highest BCUT2D eigenvalue weighted by Gasteiger charge is 2.31. The molecule has 2 aliphatic carbocycles. The Morgan fingerprint density at radius 3 is 2.71 bits per heavy atom. The van der Waals surface area contributed by atoms with Crippen LogP contribution in [0.1, 0.15) is 49.7 Å². The van der Waals surface area contributed by atoms with Gasteiger partial charge in [-0.25, -0.2) is 0 Å². The summed E-state index contributed by atoms with van der Waals surface area (Å²) in [5.41, 5.74) is 5.03. The summed E-state index contributed by atoms with van der Waals surface area (Å²) in [7, 11) is 0. The predicted molar refractivity (Wildman–Crippen MR) is 84.2 cm³/mol. The average molecular weight is 285 g/mol. The van der Waals surface area contributed by atoms with Gasteiger partial charge in [-0.3, -0.25) is 0 Å². The first kappa shape index (κ1) is 14.3. The molecule has 0 aromatic heterocycles. The second kappa shape index (κ2) is 6.44. The monoisotopic (exact) mass is 285 g/mol. The number of rotatable bonds is 4. The molecule has 0 saturated heterocycles. The van der Waals surface area contributed by atoms with Crippen LogP contribution < -0.4 is 0 Å². The number of hydrogen-bond donors (Lipinski definition) is 2. The van der Waals surface area contributed by atoms with E-state index < -0.39 is 0 Å². The smallest absolute Gasteiger partial charge is 0.0682 e. The molecule has 1 aromatic carbocycles. The fraction of sp³-hybridized carbons (Fsp3) is 0.500. The van der Waals surface area contributed by atoms with Crippen molar-refractivity contribution in [1.82, 2.24) is 0 Å². The molecule has 3 nitrogen and oxygen atoms in total. The number of allylic oxidation sites excluding steroid dienone is 2. The standard InChI is InChI=1S/C18H23NO2/c20-12-13-4-3-7-15(10-13)18-16(11-19-21)8-9-17(18)14-5-1-2-6-14/h3-4,7,10-11,14,16,20-21H,1-2,5-6,8-9,12H2. The van der Waals surface area contributed by atoms with Crippen molar-refractivity contribution in [2.24, 2.45) is 17.0 Å². The van der Waals surface area contributed by atoms with Crippen molar-refractivity contribution in [3.63, 3.8) is 0 Å². The van der Waals surface area contributed by atoms with Gasteiger partial charge in [-0.15, -0.1) is 5.16 Å². The van der Waals surface area contributed by atoms with Crippen molar-refractivity contribution in [1.29, 1.82) is 0 Å². The third-order valence-electron chi connectivity index (χ3n) is 4.96. The second-order valence-corrected chi connectivity index (χ2v) is 6.19. The maximum Gasteiger partial charge on any atom is 0.0682 e. The molecular weight excluding hydrogens is 262 g/mol. The van der Waals surface area contributed by atoms with E-state index in [-0.39, 0.29) is 12.5 Å². The van der Waals surface area contributed by atoms with Crippen LogP contribution in [0.15, 0.2) is 35.0 Å². The number of aliphatic hydroxyl groups excluding tert-OH is 1. The second-order valence-electron chi connectivity index (χ2n) is 6.19. The average Bonchev–Trinajstić information content (AvgIpc) is 3.16. The molecule has 0 aliphatic heterocycles. The molecule has 2 aliphatic rings. The van der Waals surface area contributed by atoms with Crippen LogP contribution in [-0.2, 0) is 6.61 Å². The first-order chi connectivity index (χ1) is 10.3. The summed E-state index contributed by atoms with van der Waals surface area (Å²) in [6.07, 6.45) is 9.06. The van der Waals surface area contributed by atoms with Gasteiger partial charge in [-0.05, 0) is 54.4 Å².